The van der Waals surface area contributed by atoms with Gasteiger partial charge in [0.05, 0.1) is 7.11 Å². The zero-order valence-electron chi connectivity index (χ0n) is 10.1. The average Bonchev–Trinajstić information content (AvgIpc) is 2.35. The van der Waals surface area contributed by atoms with E-state index in [1.165, 1.54) is 16.0 Å². The van der Waals surface area contributed by atoms with Gasteiger partial charge < -0.3 is 9.53 Å². The van der Waals surface area contributed by atoms with Crippen molar-refractivity contribution in [2.24, 2.45) is 0 Å². The van der Waals surface area contributed by atoms with Crippen LogP contribution in [-0.4, -0.2) is 19.7 Å². The minimum absolute atomic E-state index is 0.572. The number of hydrogen-bond acceptors (Lipinski definition) is 3. The molecule has 0 spiro atoms. The molecule has 88 valence electrons. The van der Waals surface area contributed by atoms with E-state index < -0.39 is 0 Å². The molecule has 1 aromatic rings. The summed E-state index contributed by atoms with van der Waals surface area (Å²) in [5, 5.41) is 0. The van der Waals surface area contributed by atoms with E-state index in [0.29, 0.717) is 6.42 Å². The van der Waals surface area contributed by atoms with Crippen LogP contribution >= 0.6 is 11.8 Å². The van der Waals surface area contributed by atoms with Crippen LogP contribution in [0, 0.1) is 0 Å². The van der Waals surface area contributed by atoms with Crippen molar-refractivity contribution in [1.29, 1.82) is 0 Å². The van der Waals surface area contributed by atoms with Crippen molar-refractivity contribution in [3.8, 4) is 5.75 Å². The molecule has 0 N–H and O–H groups in total. The molecule has 0 saturated carbocycles. The van der Waals surface area contributed by atoms with Gasteiger partial charge in [-0.15, -0.1) is 11.8 Å². The summed E-state index contributed by atoms with van der Waals surface area (Å²) in [4.78, 5) is 11.7. The quantitative estimate of drug-likeness (QED) is 0.562. The number of ether oxygens (including phenoxy) is 1. The zero-order chi connectivity index (χ0) is 12.0. The average molecular weight is 238 g/mol. The number of thioether (sulfide) groups is 1. The van der Waals surface area contributed by atoms with Gasteiger partial charge in [0.2, 0.25) is 0 Å². The molecule has 0 aliphatic carbocycles. The molecule has 2 nitrogen and oxygen atoms in total. The van der Waals surface area contributed by atoms with Crippen LogP contribution in [0.4, 0.5) is 0 Å². The molecule has 0 bridgehead atoms. The second-order valence-electron chi connectivity index (χ2n) is 3.53. The van der Waals surface area contributed by atoms with Crippen LogP contribution in [0.5, 0.6) is 5.75 Å². The Morgan fingerprint density at radius 1 is 1.38 bits per heavy atom. The van der Waals surface area contributed by atoms with Gasteiger partial charge in [-0.3, -0.25) is 0 Å². The Kier molecular flexibility index (Phi) is 5.39. The smallest absolute Gasteiger partial charge is 0.122 e. The molecule has 0 aromatic heterocycles. The Bertz CT molecular complexity index is 361. The van der Waals surface area contributed by atoms with Crippen molar-refractivity contribution in [1.82, 2.24) is 0 Å². The molecular formula is C13H18O2S. The third kappa shape index (κ3) is 3.01. The lowest BCUT2D eigenvalue weighted by Crippen LogP contribution is -1.96. The Morgan fingerprint density at radius 2 is 2.12 bits per heavy atom. The maximum atomic E-state index is 10.4. The highest BCUT2D eigenvalue weighted by Crippen LogP contribution is 2.30. The molecule has 3 heteroatoms. The van der Waals surface area contributed by atoms with Crippen LogP contribution < -0.4 is 4.74 Å². The number of rotatable bonds is 6. The second-order valence-corrected chi connectivity index (χ2v) is 4.38. The van der Waals surface area contributed by atoms with Gasteiger partial charge in [-0.05, 0) is 42.4 Å². The van der Waals surface area contributed by atoms with Crippen molar-refractivity contribution in [3.05, 3.63) is 23.3 Å². The number of methoxy groups -OCH3 is 1. The molecule has 0 unspecified atom stereocenters. The van der Waals surface area contributed by atoms with Crippen molar-refractivity contribution in [2.45, 2.75) is 31.1 Å². The first kappa shape index (κ1) is 13.1. The summed E-state index contributed by atoms with van der Waals surface area (Å²) in [7, 11) is 1.69. The lowest BCUT2D eigenvalue weighted by atomic mass is 10.0. The number of aryl methyl sites for hydroxylation is 2. The highest BCUT2D eigenvalue weighted by atomic mass is 32.2. The first-order chi connectivity index (χ1) is 7.76. The number of aldehydes is 1. The van der Waals surface area contributed by atoms with Gasteiger partial charge in [0.1, 0.15) is 12.0 Å². The van der Waals surface area contributed by atoms with Gasteiger partial charge in [0.25, 0.3) is 0 Å². The lowest BCUT2D eigenvalue weighted by molar-refractivity contribution is -0.107. The fourth-order valence-electron chi connectivity index (χ4n) is 1.71. The number of benzene rings is 1. The summed E-state index contributed by atoms with van der Waals surface area (Å²) in [5.74, 6) is 0.932. The topological polar surface area (TPSA) is 26.3 Å². The summed E-state index contributed by atoms with van der Waals surface area (Å²) in [5.41, 5.74) is 2.43. The minimum atomic E-state index is 0.572. The van der Waals surface area contributed by atoms with Crippen LogP contribution in [-0.2, 0) is 17.6 Å². The van der Waals surface area contributed by atoms with Gasteiger partial charge >= 0.3 is 0 Å². The van der Waals surface area contributed by atoms with E-state index in [1.807, 2.05) is 0 Å². The van der Waals surface area contributed by atoms with E-state index in [-0.39, 0.29) is 0 Å². The van der Waals surface area contributed by atoms with Crippen LogP contribution in [0.2, 0.25) is 0 Å². The molecule has 0 aliphatic rings. The van der Waals surface area contributed by atoms with E-state index in [9.17, 15) is 4.79 Å². The van der Waals surface area contributed by atoms with Gasteiger partial charge in [-0.1, -0.05) is 6.92 Å². The van der Waals surface area contributed by atoms with Gasteiger partial charge in [-0.25, -0.2) is 0 Å². The van der Waals surface area contributed by atoms with Crippen molar-refractivity contribution in [2.75, 3.05) is 13.4 Å². The molecular weight excluding hydrogens is 220 g/mol. The monoisotopic (exact) mass is 238 g/mol. The number of carbonyl (C=O) groups is 1. The van der Waals surface area contributed by atoms with E-state index in [2.05, 4.69) is 25.3 Å². The Morgan fingerprint density at radius 3 is 2.62 bits per heavy atom. The molecule has 0 saturated heterocycles. The highest BCUT2D eigenvalue weighted by molar-refractivity contribution is 7.98. The Hall–Kier alpha value is -0.960. The predicted octanol–water partition coefficient (Wildman–Crippen LogP) is 3.11. The normalized spacial score (nSPS) is 10.2. The van der Waals surface area contributed by atoms with Gasteiger partial charge in [0.15, 0.2) is 0 Å². The summed E-state index contributed by atoms with van der Waals surface area (Å²) in [6.07, 6.45) is 5.35. The first-order valence-corrected chi connectivity index (χ1v) is 6.66. The highest BCUT2D eigenvalue weighted by Gasteiger charge is 2.08. The van der Waals surface area contributed by atoms with E-state index >= 15 is 0 Å². The Labute approximate surface area is 101 Å². The predicted molar refractivity (Wildman–Crippen MR) is 68.5 cm³/mol. The van der Waals surface area contributed by atoms with Crippen LogP contribution in [0.3, 0.4) is 0 Å². The summed E-state index contributed by atoms with van der Waals surface area (Å²) in [6.45, 7) is 2.12. The van der Waals surface area contributed by atoms with Crippen LogP contribution in [0.25, 0.3) is 0 Å². The number of hydrogen-bond donors (Lipinski definition) is 0. The van der Waals surface area contributed by atoms with Crippen molar-refractivity contribution < 1.29 is 9.53 Å². The van der Waals surface area contributed by atoms with Crippen LogP contribution in [0.15, 0.2) is 17.0 Å². The lowest BCUT2D eigenvalue weighted by Gasteiger charge is -2.13. The second kappa shape index (κ2) is 6.59. The maximum absolute atomic E-state index is 10.4. The molecule has 0 amide bonds. The maximum Gasteiger partial charge on any atom is 0.122 e. The third-order valence-corrected chi connectivity index (χ3v) is 3.42. The van der Waals surface area contributed by atoms with Crippen molar-refractivity contribution in [3.63, 3.8) is 0 Å². The third-order valence-electron chi connectivity index (χ3n) is 2.60. The summed E-state index contributed by atoms with van der Waals surface area (Å²) in [6, 6.07) is 4.23. The fourth-order valence-corrected chi connectivity index (χ4v) is 2.39. The molecule has 0 aliphatic heterocycles. The van der Waals surface area contributed by atoms with E-state index in [4.69, 9.17) is 4.74 Å². The SMILES string of the molecule is CCc1cc(SC)c(CCC=O)cc1OC. The molecule has 0 fully saturated rings. The Balaban J connectivity index is 3.09. The molecule has 0 radical (unpaired) electrons. The van der Waals surface area contributed by atoms with Gasteiger partial charge in [0, 0.05) is 11.3 Å². The standard InChI is InChI=1S/C13H18O2S/c1-4-10-9-13(16-3)11(6-5-7-14)8-12(10)15-2/h7-9H,4-6H2,1-3H3. The molecule has 0 atom stereocenters. The van der Waals surface area contributed by atoms with Gasteiger partial charge in [-0.2, -0.15) is 0 Å². The molecule has 0 heterocycles. The zero-order valence-corrected chi connectivity index (χ0v) is 10.9. The molecule has 1 rings (SSSR count). The fraction of sp³-hybridized carbons (Fsp3) is 0.462. The van der Waals surface area contributed by atoms with Crippen molar-refractivity contribution >= 4 is 18.0 Å². The minimum Gasteiger partial charge on any atom is -0.496 e. The number of carbonyl (C=O) groups excluding carboxylic acids is 1. The molecule has 1 aromatic carbocycles. The van der Waals surface area contributed by atoms with Crippen LogP contribution in [0.1, 0.15) is 24.5 Å². The van der Waals surface area contributed by atoms with E-state index in [0.717, 1.165) is 24.9 Å². The summed E-state index contributed by atoms with van der Waals surface area (Å²) >= 11 is 1.72. The van der Waals surface area contributed by atoms with E-state index in [1.54, 1.807) is 18.9 Å². The summed E-state index contributed by atoms with van der Waals surface area (Å²) < 4.78 is 5.36. The molecule has 16 heavy (non-hydrogen) atoms. The largest absolute Gasteiger partial charge is 0.496 e. The first-order valence-electron chi connectivity index (χ1n) is 5.44.